The fourth-order valence-corrected chi connectivity index (χ4v) is 3.54. The molecule has 3 rings (SSSR count). The van der Waals surface area contributed by atoms with Gasteiger partial charge in [-0.3, -0.25) is 15.1 Å². The number of carbonyl (C=O) groups is 1. The molecule has 1 N–H and O–H groups in total. The van der Waals surface area contributed by atoms with Crippen LogP contribution in [0.4, 0.5) is 0 Å². The molecule has 0 bridgehead atoms. The van der Waals surface area contributed by atoms with Gasteiger partial charge in [0, 0.05) is 69.3 Å². The topological polar surface area (TPSA) is 88.4 Å². The number of amides is 1. The lowest BCUT2D eigenvalue weighted by Gasteiger charge is -2.32. The molecule has 2 aromatic rings. The van der Waals surface area contributed by atoms with E-state index in [0.717, 1.165) is 38.3 Å². The van der Waals surface area contributed by atoms with E-state index in [9.17, 15) is 4.79 Å². The summed E-state index contributed by atoms with van der Waals surface area (Å²) in [5, 5.41) is 10.7. The second-order valence-corrected chi connectivity index (χ2v) is 8.52. The first-order valence-electron chi connectivity index (χ1n) is 10.7. The van der Waals surface area contributed by atoms with Crippen LogP contribution in [0.1, 0.15) is 41.2 Å². The molecule has 1 amide bonds. The molecule has 0 saturated carbocycles. The summed E-state index contributed by atoms with van der Waals surface area (Å²) < 4.78 is 0. The molecule has 1 saturated heterocycles. The summed E-state index contributed by atoms with van der Waals surface area (Å²) in [6.07, 6.45) is 3.25. The van der Waals surface area contributed by atoms with Crippen LogP contribution in [-0.2, 0) is 13.1 Å². The van der Waals surface area contributed by atoms with Crippen molar-refractivity contribution in [3.05, 3.63) is 59.2 Å². The summed E-state index contributed by atoms with van der Waals surface area (Å²) in [5.74, 6) is 0.367. The van der Waals surface area contributed by atoms with E-state index in [2.05, 4.69) is 46.1 Å². The third-order valence-corrected chi connectivity index (χ3v) is 5.24. The van der Waals surface area contributed by atoms with Gasteiger partial charge in [0.1, 0.15) is 6.07 Å². The number of hydrogen-bond donors (Lipinski definition) is 1. The lowest BCUT2D eigenvalue weighted by atomic mass is 10.1. The van der Waals surface area contributed by atoms with Crippen molar-refractivity contribution in [1.82, 2.24) is 30.2 Å². The van der Waals surface area contributed by atoms with Gasteiger partial charge in [-0.2, -0.15) is 5.26 Å². The summed E-state index contributed by atoms with van der Waals surface area (Å²) in [6.45, 7) is 10.6. The minimum absolute atomic E-state index is 0.138. The van der Waals surface area contributed by atoms with Crippen LogP contribution in [0.5, 0.6) is 0 Å². The number of hydrazine groups is 1. The Morgan fingerprint density at radius 3 is 2.35 bits per heavy atom. The van der Waals surface area contributed by atoms with Gasteiger partial charge < -0.3 is 4.90 Å². The van der Waals surface area contributed by atoms with Crippen LogP contribution in [0, 0.1) is 17.2 Å². The van der Waals surface area contributed by atoms with Gasteiger partial charge in [0.15, 0.2) is 0 Å². The predicted molar refractivity (Wildman–Crippen MR) is 119 cm³/mol. The Morgan fingerprint density at radius 2 is 1.77 bits per heavy atom. The molecule has 1 aliphatic heterocycles. The summed E-state index contributed by atoms with van der Waals surface area (Å²) >= 11 is 0. The SMILES string of the molecule is CC(C)CN(Cc1cnc(C#N)nc1)NC(=O)c1ccc(CN2CCN(C)CC2)cc1. The number of nitrogens with one attached hydrogen (secondary N) is 1. The molecule has 2 heterocycles. The molecule has 1 aliphatic rings. The Hall–Kier alpha value is -2.86. The Kier molecular flexibility index (Phi) is 8.06. The van der Waals surface area contributed by atoms with Crippen molar-refractivity contribution in [2.45, 2.75) is 26.9 Å². The Labute approximate surface area is 184 Å². The Bertz CT molecular complexity index is 882. The van der Waals surface area contributed by atoms with Gasteiger partial charge in [0.2, 0.25) is 5.82 Å². The average Bonchev–Trinajstić information content (AvgIpc) is 2.76. The van der Waals surface area contributed by atoms with E-state index < -0.39 is 0 Å². The number of rotatable bonds is 8. The van der Waals surface area contributed by atoms with Crippen LogP contribution in [0.25, 0.3) is 0 Å². The van der Waals surface area contributed by atoms with Gasteiger partial charge in [-0.15, -0.1) is 0 Å². The Morgan fingerprint density at radius 1 is 1.13 bits per heavy atom. The number of aromatic nitrogens is 2. The highest BCUT2D eigenvalue weighted by Crippen LogP contribution is 2.11. The molecule has 1 aromatic heterocycles. The second kappa shape index (κ2) is 11.0. The first-order chi connectivity index (χ1) is 14.9. The second-order valence-electron chi connectivity index (χ2n) is 8.52. The van der Waals surface area contributed by atoms with E-state index in [0.29, 0.717) is 24.6 Å². The quantitative estimate of drug-likeness (QED) is 0.651. The van der Waals surface area contributed by atoms with Crippen molar-refractivity contribution in [3.63, 3.8) is 0 Å². The maximum absolute atomic E-state index is 12.8. The van der Waals surface area contributed by atoms with Crippen LogP contribution in [0.15, 0.2) is 36.7 Å². The van der Waals surface area contributed by atoms with Crippen molar-refractivity contribution in [2.75, 3.05) is 39.8 Å². The van der Waals surface area contributed by atoms with E-state index in [1.165, 1.54) is 5.56 Å². The molecular weight excluding hydrogens is 390 g/mol. The Balaban J connectivity index is 1.59. The van der Waals surface area contributed by atoms with Crippen LogP contribution >= 0.6 is 0 Å². The largest absolute Gasteiger partial charge is 0.304 e. The summed E-state index contributed by atoms with van der Waals surface area (Å²) in [6, 6.07) is 9.76. The minimum Gasteiger partial charge on any atom is -0.304 e. The van der Waals surface area contributed by atoms with Gasteiger partial charge in [0.05, 0.1) is 0 Å². The number of hydrogen-bond acceptors (Lipinski definition) is 7. The summed E-state index contributed by atoms with van der Waals surface area (Å²) in [5.41, 5.74) is 5.69. The first kappa shape index (κ1) is 22.8. The molecule has 31 heavy (non-hydrogen) atoms. The van der Waals surface area contributed by atoms with Gasteiger partial charge in [-0.1, -0.05) is 26.0 Å². The third-order valence-electron chi connectivity index (χ3n) is 5.24. The molecular formula is C23H31N7O. The minimum atomic E-state index is -0.138. The normalized spacial score (nSPS) is 15.2. The zero-order chi connectivity index (χ0) is 22.2. The van der Waals surface area contributed by atoms with E-state index in [4.69, 9.17) is 5.26 Å². The van der Waals surface area contributed by atoms with Crippen molar-refractivity contribution in [1.29, 1.82) is 5.26 Å². The fourth-order valence-electron chi connectivity index (χ4n) is 3.54. The maximum Gasteiger partial charge on any atom is 0.265 e. The predicted octanol–water partition coefficient (Wildman–Crippen LogP) is 1.90. The van der Waals surface area contributed by atoms with Crippen molar-refractivity contribution in [2.24, 2.45) is 5.92 Å². The first-order valence-corrected chi connectivity index (χ1v) is 10.7. The zero-order valence-corrected chi connectivity index (χ0v) is 18.6. The van der Waals surface area contributed by atoms with Crippen molar-refractivity contribution >= 4 is 5.91 Å². The van der Waals surface area contributed by atoms with Gasteiger partial charge in [-0.05, 0) is 30.7 Å². The molecule has 8 nitrogen and oxygen atoms in total. The van der Waals surface area contributed by atoms with Crippen molar-refractivity contribution < 1.29 is 4.79 Å². The highest BCUT2D eigenvalue weighted by atomic mass is 16.2. The third kappa shape index (κ3) is 7.10. The van der Waals surface area contributed by atoms with Crippen LogP contribution < -0.4 is 5.43 Å². The molecule has 0 aliphatic carbocycles. The summed E-state index contributed by atoms with van der Waals surface area (Å²) in [7, 11) is 2.15. The molecule has 8 heteroatoms. The number of benzene rings is 1. The lowest BCUT2D eigenvalue weighted by molar-refractivity contribution is 0.0749. The molecule has 0 radical (unpaired) electrons. The highest BCUT2D eigenvalue weighted by Gasteiger charge is 2.16. The van der Waals surface area contributed by atoms with Gasteiger partial charge in [0.25, 0.3) is 5.91 Å². The lowest BCUT2D eigenvalue weighted by Crippen LogP contribution is -2.44. The van der Waals surface area contributed by atoms with Crippen LogP contribution in [-0.4, -0.2) is 70.5 Å². The number of nitrogens with zero attached hydrogens (tertiary/aromatic N) is 6. The molecule has 0 spiro atoms. The summed E-state index contributed by atoms with van der Waals surface area (Å²) in [4.78, 5) is 25.6. The van der Waals surface area contributed by atoms with Gasteiger partial charge >= 0.3 is 0 Å². The zero-order valence-electron chi connectivity index (χ0n) is 18.6. The van der Waals surface area contributed by atoms with Gasteiger partial charge in [-0.25, -0.2) is 15.0 Å². The number of nitriles is 1. The fraction of sp³-hybridized carbons (Fsp3) is 0.478. The molecule has 1 fully saturated rings. The highest BCUT2D eigenvalue weighted by molar-refractivity contribution is 5.93. The van der Waals surface area contributed by atoms with Crippen LogP contribution in [0.2, 0.25) is 0 Å². The smallest absolute Gasteiger partial charge is 0.265 e. The average molecular weight is 422 g/mol. The number of likely N-dealkylation sites (N-methyl/N-ethyl adjacent to an activating group) is 1. The molecule has 164 valence electrons. The van der Waals surface area contributed by atoms with E-state index >= 15 is 0 Å². The standard InChI is InChI=1S/C23H31N7O/c1-18(2)15-30(17-20-13-25-22(12-24)26-14-20)27-23(31)21-6-4-19(5-7-21)16-29-10-8-28(3)9-11-29/h4-7,13-14,18H,8-11,15-17H2,1-3H3,(H,27,31). The van der Waals surface area contributed by atoms with E-state index in [1.54, 1.807) is 12.4 Å². The van der Waals surface area contributed by atoms with Crippen LogP contribution in [0.3, 0.4) is 0 Å². The monoisotopic (exact) mass is 421 g/mol. The molecule has 1 aromatic carbocycles. The maximum atomic E-state index is 12.8. The molecule has 0 unspecified atom stereocenters. The number of carbonyl (C=O) groups excluding carboxylic acids is 1. The molecule has 0 atom stereocenters. The van der Waals surface area contributed by atoms with E-state index in [1.807, 2.05) is 35.3 Å². The number of piperazine rings is 1. The van der Waals surface area contributed by atoms with E-state index in [-0.39, 0.29) is 11.7 Å². The van der Waals surface area contributed by atoms with Crippen molar-refractivity contribution in [3.8, 4) is 6.07 Å².